The summed E-state index contributed by atoms with van der Waals surface area (Å²) in [5.41, 5.74) is 1.81. The van der Waals surface area contributed by atoms with Gasteiger partial charge in [0.1, 0.15) is 0 Å². The van der Waals surface area contributed by atoms with Gasteiger partial charge >= 0.3 is 0 Å². The van der Waals surface area contributed by atoms with Gasteiger partial charge in [0.15, 0.2) is 0 Å². The molecule has 0 radical (unpaired) electrons. The summed E-state index contributed by atoms with van der Waals surface area (Å²) in [4.78, 5) is 32.0. The van der Waals surface area contributed by atoms with Crippen molar-refractivity contribution in [2.75, 3.05) is 51.2 Å². The highest BCUT2D eigenvalue weighted by atomic mass is 16.2. The fraction of sp³-hybridized carbons (Fsp3) is 0.423. The van der Waals surface area contributed by atoms with Crippen LogP contribution in [0, 0.1) is 11.3 Å². The number of anilines is 1. The van der Waals surface area contributed by atoms with Gasteiger partial charge in [0.2, 0.25) is 11.8 Å². The van der Waals surface area contributed by atoms with E-state index in [9.17, 15) is 9.59 Å². The molecule has 0 spiro atoms. The number of amides is 2. The molecule has 1 atom stereocenters. The molecule has 7 nitrogen and oxygen atoms in total. The highest BCUT2D eigenvalue weighted by Gasteiger charge is 2.22. The molecule has 174 valence electrons. The smallest absolute Gasteiger partial charge is 0.227 e. The molecule has 0 bridgehead atoms. The van der Waals surface area contributed by atoms with Gasteiger partial charge in [-0.3, -0.25) is 14.5 Å². The van der Waals surface area contributed by atoms with Gasteiger partial charge < -0.3 is 15.1 Å². The zero-order valence-electron chi connectivity index (χ0n) is 19.3. The molecule has 1 N–H and O–H groups in total. The van der Waals surface area contributed by atoms with Crippen LogP contribution in [0.2, 0.25) is 0 Å². The molecular formula is C26H33N5O2. The Labute approximate surface area is 196 Å². The topological polar surface area (TPSA) is 79.7 Å². The highest BCUT2D eigenvalue weighted by molar-refractivity contribution is 5.95. The first kappa shape index (κ1) is 24.4. The third-order valence-electron chi connectivity index (χ3n) is 5.96. The summed E-state index contributed by atoms with van der Waals surface area (Å²) in [5.74, 6) is -0.290. The van der Waals surface area contributed by atoms with Crippen molar-refractivity contribution in [3.63, 3.8) is 0 Å². The van der Waals surface area contributed by atoms with Crippen LogP contribution in [-0.4, -0.2) is 67.9 Å². The summed E-state index contributed by atoms with van der Waals surface area (Å²) in [5, 5.41) is 12.1. The second kappa shape index (κ2) is 12.7. The third kappa shape index (κ3) is 7.70. The van der Waals surface area contributed by atoms with E-state index in [1.807, 2.05) is 60.7 Å². The lowest BCUT2D eigenvalue weighted by atomic mass is 10.1. The SMILES string of the molecule is CN1CCN(CC(NC(=O)CCC(=O)N(CCC#N)c2ccccc2)c2ccccc2)CC1. The van der Waals surface area contributed by atoms with Crippen molar-refractivity contribution < 1.29 is 9.59 Å². The summed E-state index contributed by atoms with van der Waals surface area (Å²) in [6.07, 6.45) is 0.455. The fourth-order valence-electron chi connectivity index (χ4n) is 4.00. The number of likely N-dealkylation sites (N-methyl/N-ethyl adjacent to an activating group) is 1. The molecule has 1 aliphatic rings. The average molecular weight is 448 g/mol. The molecule has 2 amide bonds. The van der Waals surface area contributed by atoms with Gasteiger partial charge in [-0.2, -0.15) is 5.26 Å². The fourth-order valence-corrected chi connectivity index (χ4v) is 4.00. The molecule has 0 saturated carbocycles. The molecule has 1 saturated heterocycles. The summed E-state index contributed by atoms with van der Waals surface area (Å²) >= 11 is 0. The zero-order valence-corrected chi connectivity index (χ0v) is 19.3. The normalized spacial score (nSPS) is 15.4. The largest absolute Gasteiger partial charge is 0.348 e. The summed E-state index contributed by atoms with van der Waals surface area (Å²) in [6, 6.07) is 21.3. The maximum absolute atomic E-state index is 12.9. The molecule has 0 aromatic heterocycles. The molecule has 0 aliphatic carbocycles. The number of nitrogens with one attached hydrogen (secondary N) is 1. The Morgan fingerprint density at radius 2 is 1.64 bits per heavy atom. The van der Waals surface area contributed by atoms with Crippen LogP contribution in [0.15, 0.2) is 60.7 Å². The standard InChI is InChI=1S/C26H33N5O2/c1-29-17-19-30(20-18-29)21-24(22-9-4-2-5-10-22)28-25(32)13-14-26(33)31(16-8-15-27)23-11-6-3-7-12-23/h2-7,9-12,24H,8,13-14,16-21H2,1H3,(H,28,32). The predicted molar refractivity (Wildman–Crippen MR) is 130 cm³/mol. The van der Waals surface area contributed by atoms with Crippen molar-refractivity contribution >= 4 is 17.5 Å². The number of carbonyl (C=O) groups excluding carboxylic acids is 2. The van der Waals surface area contributed by atoms with Crippen LogP contribution in [0.4, 0.5) is 5.69 Å². The van der Waals surface area contributed by atoms with Gasteiger partial charge in [0.05, 0.1) is 18.5 Å². The molecule has 7 heteroatoms. The van der Waals surface area contributed by atoms with Crippen LogP contribution in [0.25, 0.3) is 0 Å². The Balaban J connectivity index is 1.59. The average Bonchev–Trinajstić information content (AvgIpc) is 2.85. The molecule has 33 heavy (non-hydrogen) atoms. The molecule has 1 fully saturated rings. The van der Waals surface area contributed by atoms with Gasteiger partial charge in [0, 0.05) is 57.8 Å². The van der Waals surface area contributed by atoms with Crippen molar-refractivity contribution in [2.24, 2.45) is 0 Å². The highest BCUT2D eigenvalue weighted by Crippen LogP contribution is 2.18. The Morgan fingerprint density at radius 3 is 2.27 bits per heavy atom. The Hall–Kier alpha value is -3.21. The Bertz CT molecular complexity index is 921. The second-order valence-electron chi connectivity index (χ2n) is 8.42. The lowest BCUT2D eigenvalue weighted by Crippen LogP contribution is -2.47. The van der Waals surface area contributed by atoms with Gasteiger partial charge in [-0.25, -0.2) is 0 Å². The van der Waals surface area contributed by atoms with E-state index in [2.05, 4.69) is 28.2 Å². The molecule has 1 unspecified atom stereocenters. The minimum atomic E-state index is -0.151. The van der Waals surface area contributed by atoms with Crippen molar-refractivity contribution in [1.82, 2.24) is 15.1 Å². The number of hydrogen-bond donors (Lipinski definition) is 1. The van der Waals surface area contributed by atoms with E-state index in [1.165, 1.54) is 0 Å². The Kier molecular flexibility index (Phi) is 9.43. The van der Waals surface area contributed by atoms with Crippen LogP contribution in [0.3, 0.4) is 0 Å². The van der Waals surface area contributed by atoms with E-state index in [0.717, 1.165) is 44.0 Å². The molecule has 1 aliphatic heterocycles. The number of para-hydroxylation sites is 1. The molecule has 1 heterocycles. The van der Waals surface area contributed by atoms with Crippen molar-refractivity contribution in [3.05, 3.63) is 66.2 Å². The summed E-state index contributed by atoms with van der Waals surface area (Å²) in [7, 11) is 2.13. The number of hydrogen-bond acceptors (Lipinski definition) is 5. The van der Waals surface area contributed by atoms with E-state index < -0.39 is 0 Å². The van der Waals surface area contributed by atoms with Gasteiger partial charge in [-0.1, -0.05) is 48.5 Å². The van der Waals surface area contributed by atoms with Crippen LogP contribution >= 0.6 is 0 Å². The van der Waals surface area contributed by atoms with Crippen LogP contribution < -0.4 is 10.2 Å². The van der Waals surface area contributed by atoms with E-state index in [1.54, 1.807) is 4.90 Å². The number of nitrogens with zero attached hydrogens (tertiary/aromatic N) is 4. The maximum Gasteiger partial charge on any atom is 0.227 e. The molecule has 2 aromatic rings. The van der Waals surface area contributed by atoms with Crippen molar-refractivity contribution in [2.45, 2.75) is 25.3 Å². The minimum absolute atomic E-state index is 0.0994. The monoisotopic (exact) mass is 447 g/mol. The number of benzene rings is 2. The number of carbonyl (C=O) groups is 2. The first-order valence-electron chi connectivity index (χ1n) is 11.5. The zero-order chi connectivity index (χ0) is 23.5. The first-order valence-corrected chi connectivity index (χ1v) is 11.5. The van der Waals surface area contributed by atoms with Crippen LogP contribution in [0.5, 0.6) is 0 Å². The minimum Gasteiger partial charge on any atom is -0.348 e. The number of nitriles is 1. The van der Waals surface area contributed by atoms with Crippen molar-refractivity contribution in [3.8, 4) is 6.07 Å². The summed E-state index contributed by atoms with van der Waals surface area (Å²) < 4.78 is 0. The van der Waals surface area contributed by atoms with Crippen LogP contribution in [0.1, 0.15) is 30.9 Å². The number of piperazine rings is 1. The molecule has 2 aromatic carbocycles. The van der Waals surface area contributed by atoms with Crippen molar-refractivity contribution in [1.29, 1.82) is 5.26 Å². The Morgan fingerprint density at radius 1 is 1.00 bits per heavy atom. The van der Waals surface area contributed by atoms with Gasteiger partial charge in [-0.05, 0) is 24.7 Å². The van der Waals surface area contributed by atoms with E-state index in [4.69, 9.17) is 5.26 Å². The molecule has 3 rings (SSSR count). The second-order valence-corrected chi connectivity index (χ2v) is 8.42. The quantitative estimate of drug-likeness (QED) is 0.606. The van der Waals surface area contributed by atoms with E-state index in [0.29, 0.717) is 6.54 Å². The maximum atomic E-state index is 12.9. The van der Waals surface area contributed by atoms with Gasteiger partial charge in [0.25, 0.3) is 0 Å². The van der Waals surface area contributed by atoms with E-state index in [-0.39, 0.29) is 37.1 Å². The lowest BCUT2D eigenvalue weighted by molar-refractivity contribution is -0.125. The molecular weight excluding hydrogens is 414 g/mol. The summed E-state index contributed by atoms with van der Waals surface area (Å²) in [6.45, 7) is 5.04. The van der Waals surface area contributed by atoms with E-state index >= 15 is 0 Å². The number of rotatable bonds is 10. The third-order valence-corrected chi connectivity index (χ3v) is 5.96. The van der Waals surface area contributed by atoms with Gasteiger partial charge in [-0.15, -0.1) is 0 Å². The van der Waals surface area contributed by atoms with Crippen LogP contribution in [-0.2, 0) is 9.59 Å². The first-order chi connectivity index (χ1) is 16.1. The lowest BCUT2D eigenvalue weighted by Gasteiger charge is -2.35. The predicted octanol–water partition coefficient (Wildman–Crippen LogP) is 2.82.